The molecular weight excluding hydrogens is 168 g/mol. The summed E-state index contributed by atoms with van der Waals surface area (Å²) in [7, 11) is 0. The third-order valence-corrected chi connectivity index (χ3v) is 2.01. The lowest BCUT2D eigenvalue weighted by molar-refractivity contribution is 0.866. The Morgan fingerprint density at radius 2 is 1.14 bits per heavy atom. The highest BCUT2D eigenvalue weighted by molar-refractivity contribution is 5.15. The quantitative estimate of drug-likeness (QED) is 0.494. The molecular formula is C14H18. The van der Waals surface area contributed by atoms with Crippen LogP contribution in [0, 0.1) is 0 Å². The predicted octanol–water partition coefficient (Wildman–Crippen LogP) is 4.34. The molecule has 0 saturated carbocycles. The Hall–Kier alpha value is -1.30. The van der Waals surface area contributed by atoms with Crippen molar-refractivity contribution in [3.63, 3.8) is 0 Å². The van der Waals surface area contributed by atoms with E-state index in [1.165, 1.54) is 19.3 Å². The third-order valence-electron chi connectivity index (χ3n) is 2.01. The van der Waals surface area contributed by atoms with E-state index in [9.17, 15) is 0 Å². The molecule has 0 aliphatic heterocycles. The normalized spacial score (nSPS) is 27.4. The van der Waals surface area contributed by atoms with Gasteiger partial charge in [0.25, 0.3) is 0 Å². The first-order chi connectivity index (χ1) is 7.00. The maximum absolute atomic E-state index is 2.27. The molecule has 0 saturated heterocycles. The van der Waals surface area contributed by atoms with Crippen LogP contribution in [-0.4, -0.2) is 0 Å². The summed E-state index contributed by atoms with van der Waals surface area (Å²) in [5, 5.41) is 0. The summed E-state index contributed by atoms with van der Waals surface area (Å²) in [4.78, 5) is 0. The Labute approximate surface area is 87.0 Å². The molecule has 1 aliphatic rings. The summed E-state index contributed by atoms with van der Waals surface area (Å²) >= 11 is 0. The number of hydrogen-bond acceptors (Lipinski definition) is 0. The first-order valence-electron chi connectivity index (χ1n) is 5.30. The average molecular weight is 186 g/mol. The van der Waals surface area contributed by atoms with Crippen molar-refractivity contribution >= 4 is 0 Å². The smallest absolute Gasteiger partial charge is 0.0166 e. The van der Waals surface area contributed by atoms with E-state index in [0.717, 1.165) is 6.42 Å². The minimum Gasteiger partial charge on any atom is -0.0882 e. The first-order valence-corrected chi connectivity index (χ1v) is 5.30. The van der Waals surface area contributed by atoms with Crippen LogP contribution in [0.4, 0.5) is 0 Å². The van der Waals surface area contributed by atoms with Crippen LogP contribution in [0.3, 0.4) is 0 Å². The zero-order valence-electron chi connectivity index (χ0n) is 8.60. The lowest BCUT2D eigenvalue weighted by Gasteiger charge is -1.89. The standard InChI is InChI=1S/C14H18/c1-2-4-6-8-10-12-14-13-11-9-7-5-3-1/h1-8,11,13H,9-10,12,14H2/b3-1-,4-2+,7-5?,8-6-,13-11+. The molecule has 0 heteroatoms. The lowest BCUT2D eigenvalue weighted by Crippen LogP contribution is -1.69. The van der Waals surface area contributed by atoms with Crippen LogP contribution >= 0.6 is 0 Å². The van der Waals surface area contributed by atoms with Crippen LogP contribution in [0.15, 0.2) is 60.8 Å². The topological polar surface area (TPSA) is 0 Å². The summed E-state index contributed by atoms with van der Waals surface area (Å²) in [6.45, 7) is 0. The van der Waals surface area contributed by atoms with E-state index >= 15 is 0 Å². The van der Waals surface area contributed by atoms with Crippen molar-refractivity contribution in [1.29, 1.82) is 0 Å². The van der Waals surface area contributed by atoms with Crippen molar-refractivity contribution in [2.24, 2.45) is 0 Å². The van der Waals surface area contributed by atoms with Gasteiger partial charge in [-0.1, -0.05) is 60.8 Å². The molecule has 14 heavy (non-hydrogen) atoms. The van der Waals surface area contributed by atoms with Crippen molar-refractivity contribution < 1.29 is 0 Å². The highest BCUT2D eigenvalue weighted by Gasteiger charge is 1.79. The Bertz CT molecular complexity index is 262. The maximum atomic E-state index is 2.27. The van der Waals surface area contributed by atoms with E-state index in [2.05, 4.69) is 60.8 Å². The largest absolute Gasteiger partial charge is 0.0882 e. The second kappa shape index (κ2) is 8.31. The number of allylic oxidation sites excluding steroid dienone is 10. The second-order valence-corrected chi connectivity index (χ2v) is 3.26. The van der Waals surface area contributed by atoms with E-state index in [-0.39, 0.29) is 0 Å². The molecule has 0 N–H and O–H groups in total. The van der Waals surface area contributed by atoms with Crippen molar-refractivity contribution in [3.05, 3.63) is 60.8 Å². The van der Waals surface area contributed by atoms with Crippen LogP contribution in [-0.2, 0) is 0 Å². The molecule has 0 bridgehead atoms. The van der Waals surface area contributed by atoms with Gasteiger partial charge in [-0.15, -0.1) is 0 Å². The fourth-order valence-corrected chi connectivity index (χ4v) is 1.23. The summed E-state index contributed by atoms with van der Waals surface area (Å²) in [5.74, 6) is 0. The highest BCUT2D eigenvalue weighted by atomic mass is 13.9. The van der Waals surface area contributed by atoms with Crippen molar-refractivity contribution in [2.75, 3.05) is 0 Å². The molecule has 0 unspecified atom stereocenters. The Kier molecular flexibility index (Phi) is 6.39. The molecule has 0 aromatic rings. The summed E-state index contributed by atoms with van der Waals surface area (Å²) < 4.78 is 0. The van der Waals surface area contributed by atoms with Crippen LogP contribution in [0.5, 0.6) is 0 Å². The van der Waals surface area contributed by atoms with E-state index in [4.69, 9.17) is 0 Å². The van der Waals surface area contributed by atoms with Crippen molar-refractivity contribution in [3.8, 4) is 0 Å². The van der Waals surface area contributed by atoms with Gasteiger partial charge in [-0.05, 0) is 25.7 Å². The fraction of sp³-hybridized carbons (Fsp3) is 0.286. The average Bonchev–Trinajstić information content (AvgIpc) is 2.22. The van der Waals surface area contributed by atoms with Gasteiger partial charge in [0.2, 0.25) is 0 Å². The second-order valence-electron chi connectivity index (χ2n) is 3.26. The van der Waals surface area contributed by atoms with E-state index in [1.807, 2.05) is 0 Å². The third kappa shape index (κ3) is 6.24. The zero-order chi connectivity index (χ0) is 9.90. The number of rotatable bonds is 0. The Morgan fingerprint density at radius 3 is 2.00 bits per heavy atom. The van der Waals surface area contributed by atoms with Crippen LogP contribution in [0.1, 0.15) is 25.7 Å². The van der Waals surface area contributed by atoms with Gasteiger partial charge in [0.1, 0.15) is 0 Å². The van der Waals surface area contributed by atoms with E-state index in [1.54, 1.807) is 0 Å². The maximum Gasteiger partial charge on any atom is -0.0166 e. The molecule has 0 aromatic carbocycles. The van der Waals surface area contributed by atoms with Gasteiger partial charge in [0.15, 0.2) is 0 Å². The minimum absolute atomic E-state index is 1.05. The van der Waals surface area contributed by atoms with Crippen molar-refractivity contribution in [2.45, 2.75) is 25.7 Å². The SMILES string of the molecule is C1=CC/C=C/CCC\C=C/C=C/C=C\1. The highest BCUT2D eigenvalue weighted by Crippen LogP contribution is 2.00. The van der Waals surface area contributed by atoms with Crippen LogP contribution in [0.2, 0.25) is 0 Å². The van der Waals surface area contributed by atoms with E-state index < -0.39 is 0 Å². The van der Waals surface area contributed by atoms with Gasteiger partial charge < -0.3 is 0 Å². The summed E-state index contributed by atoms with van der Waals surface area (Å²) in [6, 6.07) is 0. The first kappa shape index (κ1) is 10.8. The molecule has 0 amide bonds. The molecule has 74 valence electrons. The van der Waals surface area contributed by atoms with E-state index in [0.29, 0.717) is 0 Å². The van der Waals surface area contributed by atoms with Crippen LogP contribution in [0.25, 0.3) is 0 Å². The monoisotopic (exact) mass is 186 g/mol. The molecule has 0 spiro atoms. The lowest BCUT2D eigenvalue weighted by atomic mass is 10.2. The molecule has 0 fully saturated rings. The molecule has 0 radical (unpaired) electrons. The van der Waals surface area contributed by atoms with Gasteiger partial charge in [0, 0.05) is 0 Å². The number of hydrogen-bond donors (Lipinski definition) is 0. The molecule has 1 rings (SSSR count). The van der Waals surface area contributed by atoms with Gasteiger partial charge >= 0.3 is 0 Å². The Morgan fingerprint density at radius 1 is 0.500 bits per heavy atom. The fourth-order valence-electron chi connectivity index (χ4n) is 1.23. The van der Waals surface area contributed by atoms with Gasteiger partial charge in [0.05, 0.1) is 0 Å². The molecule has 0 aromatic heterocycles. The zero-order valence-corrected chi connectivity index (χ0v) is 8.60. The van der Waals surface area contributed by atoms with Gasteiger partial charge in [-0.2, -0.15) is 0 Å². The molecule has 0 nitrogen and oxygen atoms in total. The molecule has 0 heterocycles. The van der Waals surface area contributed by atoms with Gasteiger partial charge in [-0.25, -0.2) is 0 Å². The van der Waals surface area contributed by atoms with Gasteiger partial charge in [-0.3, -0.25) is 0 Å². The summed E-state index contributed by atoms with van der Waals surface area (Å²) in [6.07, 6.45) is 26.0. The van der Waals surface area contributed by atoms with Crippen LogP contribution < -0.4 is 0 Å². The summed E-state index contributed by atoms with van der Waals surface area (Å²) in [5.41, 5.74) is 0. The van der Waals surface area contributed by atoms with Crippen molar-refractivity contribution in [1.82, 2.24) is 0 Å². The molecule has 0 atom stereocenters. The predicted molar refractivity (Wildman–Crippen MR) is 64.2 cm³/mol. The molecule has 1 aliphatic carbocycles. The Balaban J connectivity index is 2.46. The minimum atomic E-state index is 1.05.